The minimum absolute atomic E-state index is 0.0307. The Kier molecular flexibility index (Phi) is 6.50. The van der Waals surface area contributed by atoms with Gasteiger partial charge in [-0.05, 0) is 48.4 Å². The Hall–Kier alpha value is -2.95. The maximum Gasteiger partial charge on any atom is 0.189 e. The number of carbonyl (C=O) groups excluding carboxylic acids is 1. The first-order valence-electron chi connectivity index (χ1n) is 8.83. The maximum absolute atomic E-state index is 13.2. The predicted molar refractivity (Wildman–Crippen MR) is 112 cm³/mol. The quantitative estimate of drug-likeness (QED) is 0.449. The van der Waals surface area contributed by atoms with Crippen LogP contribution in [-0.2, 0) is 0 Å². The molecular formula is C22H28N2O3. The third-order valence-corrected chi connectivity index (χ3v) is 4.40. The van der Waals surface area contributed by atoms with Crippen molar-refractivity contribution < 1.29 is 14.3 Å². The molecule has 2 rings (SSSR count). The van der Waals surface area contributed by atoms with Crippen molar-refractivity contribution in [3.05, 3.63) is 53.1 Å². The Labute approximate surface area is 161 Å². The summed E-state index contributed by atoms with van der Waals surface area (Å²) in [6, 6.07) is 10.9. The van der Waals surface area contributed by atoms with E-state index in [-0.39, 0.29) is 11.7 Å². The van der Waals surface area contributed by atoms with Gasteiger partial charge in [0, 0.05) is 30.8 Å². The molecule has 2 N–H and O–H groups in total. The zero-order chi connectivity index (χ0) is 20.1. The van der Waals surface area contributed by atoms with Crippen LogP contribution in [-0.4, -0.2) is 34.1 Å². The van der Waals surface area contributed by atoms with Crippen LogP contribution in [0.5, 0.6) is 11.5 Å². The van der Waals surface area contributed by atoms with Gasteiger partial charge in [0.1, 0.15) is 11.5 Å². The van der Waals surface area contributed by atoms with Crippen LogP contribution in [0.25, 0.3) is 6.08 Å². The highest BCUT2D eigenvalue weighted by Gasteiger charge is 2.18. The fraction of sp³-hybridized carbons (Fsp3) is 0.318. The fourth-order valence-electron chi connectivity index (χ4n) is 2.88. The molecule has 2 aromatic rings. The average Bonchev–Trinajstić information content (AvgIpc) is 2.64. The molecule has 0 aliphatic carbocycles. The van der Waals surface area contributed by atoms with Crippen LogP contribution in [0.1, 0.15) is 29.8 Å². The van der Waals surface area contributed by atoms with E-state index >= 15 is 0 Å². The normalized spacial score (nSPS) is 11.4. The number of carbonyl (C=O) groups is 1. The molecule has 0 fully saturated rings. The van der Waals surface area contributed by atoms with E-state index in [9.17, 15) is 4.79 Å². The predicted octanol–water partition coefficient (Wildman–Crippen LogP) is 4.27. The zero-order valence-corrected chi connectivity index (χ0v) is 16.9. The lowest BCUT2D eigenvalue weighted by molar-refractivity contribution is 0.102. The van der Waals surface area contributed by atoms with Crippen molar-refractivity contribution in [3.63, 3.8) is 0 Å². The number of benzene rings is 2. The lowest BCUT2D eigenvalue weighted by Gasteiger charge is -2.17. The second-order valence-corrected chi connectivity index (χ2v) is 6.86. The molecule has 0 saturated carbocycles. The standard InChI is InChI=1S/C22H28N2O3/c1-14(2)18(12-16-11-17(26-5)8-10-21(16)27-6)22(25)15-7-9-20(24(3)4)19(23)13-15/h7-14H,23H2,1-6H3. The van der Waals surface area contributed by atoms with Crippen LogP contribution in [0, 0.1) is 5.92 Å². The van der Waals surface area contributed by atoms with E-state index in [1.165, 1.54) is 0 Å². The van der Waals surface area contributed by atoms with E-state index in [0.717, 1.165) is 11.3 Å². The van der Waals surface area contributed by atoms with Crippen molar-refractivity contribution in [2.45, 2.75) is 13.8 Å². The second kappa shape index (κ2) is 8.62. The Bertz CT molecular complexity index is 855. The van der Waals surface area contributed by atoms with E-state index < -0.39 is 0 Å². The van der Waals surface area contributed by atoms with Gasteiger partial charge in [0.15, 0.2) is 5.78 Å². The van der Waals surface area contributed by atoms with Crippen LogP contribution in [0.2, 0.25) is 0 Å². The SMILES string of the molecule is COc1ccc(OC)c(C=C(C(=O)c2ccc(N(C)C)c(N)c2)C(C)C)c1. The number of ether oxygens (including phenoxy) is 2. The third kappa shape index (κ3) is 4.61. The maximum atomic E-state index is 13.2. The molecule has 2 aromatic carbocycles. The van der Waals surface area contributed by atoms with Crippen molar-refractivity contribution in [1.82, 2.24) is 0 Å². The Balaban J connectivity index is 2.50. The highest BCUT2D eigenvalue weighted by molar-refractivity contribution is 6.12. The lowest BCUT2D eigenvalue weighted by Crippen LogP contribution is -2.13. The molecule has 5 heteroatoms. The molecular weight excluding hydrogens is 340 g/mol. The molecule has 0 atom stereocenters. The topological polar surface area (TPSA) is 64.8 Å². The molecule has 27 heavy (non-hydrogen) atoms. The van der Waals surface area contributed by atoms with Gasteiger partial charge in [0.2, 0.25) is 0 Å². The first-order chi connectivity index (χ1) is 12.8. The smallest absolute Gasteiger partial charge is 0.189 e. The molecule has 5 nitrogen and oxygen atoms in total. The fourth-order valence-corrected chi connectivity index (χ4v) is 2.88. The molecule has 0 amide bonds. The zero-order valence-electron chi connectivity index (χ0n) is 16.9. The molecule has 0 radical (unpaired) electrons. The number of methoxy groups -OCH3 is 2. The Morgan fingerprint density at radius 2 is 1.78 bits per heavy atom. The third-order valence-electron chi connectivity index (χ3n) is 4.40. The summed E-state index contributed by atoms with van der Waals surface area (Å²) in [5, 5.41) is 0. The highest BCUT2D eigenvalue weighted by Crippen LogP contribution is 2.30. The monoisotopic (exact) mass is 368 g/mol. The molecule has 0 aliphatic rings. The van der Waals surface area contributed by atoms with Crippen molar-refractivity contribution >= 4 is 23.2 Å². The molecule has 0 saturated heterocycles. The lowest BCUT2D eigenvalue weighted by atomic mass is 9.92. The van der Waals surface area contributed by atoms with E-state index in [2.05, 4.69) is 0 Å². The van der Waals surface area contributed by atoms with Gasteiger partial charge in [-0.25, -0.2) is 0 Å². The average molecular weight is 368 g/mol. The van der Waals surface area contributed by atoms with Gasteiger partial charge >= 0.3 is 0 Å². The minimum Gasteiger partial charge on any atom is -0.497 e. The number of allylic oxidation sites excluding steroid dienone is 1. The number of nitrogen functional groups attached to an aromatic ring is 1. The molecule has 0 bridgehead atoms. The van der Waals surface area contributed by atoms with Gasteiger partial charge in [-0.3, -0.25) is 4.79 Å². The van der Waals surface area contributed by atoms with E-state index in [4.69, 9.17) is 15.2 Å². The van der Waals surface area contributed by atoms with E-state index in [1.54, 1.807) is 20.3 Å². The summed E-state index contributed by atoms with van der Waals surface area (Å²) in [5.74, 6) is 1.37. The van der Waals surface area contributed by atoms with Gasteiger partial charge in [0.25, 0.3) is 0 Å². The van der Waals surface area contributed by atoms with Crippen molar-refractivity contribution in [1.29, 1.82) is 0 Å². The van der Waals surface area contributed by atoms with Gasteiger partial charge in [-0.1, -0.05) is 13.8 Å². The molecule has 0 spiro atoms. The van der Waals surface area contributed by atoms with Gasteiger partial charge < -0.3 is 20.1 Å². The first kappa shape index (κ1) is 20.4. The van der Waals surface area contributed by atoms with Crippen molar-refractivity contribution in [3.8, 4) is 11.5 Å². The number of hydrogen-bond acceptors (Lipinski definition) is 5. The number of anilines is 2. The number of hydrogen-bond donors (Lipinski definition) is 1. The molecule has 0 aliphatic heterocycles. The Morgan fingerprint density at radius 1 is 1.07 bits per heavy atom. The van der Waals surface area contributed by atoms with Gasteiger partial charge in [-0.15, -0.1) is 0 Å². The highest BCUT2D eigenvalue weighted by atomic mass is 16.5. The van der Waals surface area contributed by atoms with E-state index in [0.29, 0.717) is 28.3 Å². The number of nitrogens with two attached hydrogens (primary N) is 1. The molecule has 0 heterocycles. The number of rotatable bonds is 7. The summed E-state index contributed by atoms with van der Waals surface area (Å²) in [5.41, 5.74) is 9.63. The molecule has 144 valence electrons. The van der Waals surface area contributed by atoms with E-state index in [1.807, 2.05) is 69.3 Å². The summed E-state index contributed by atoms with van der Waals surface area (Å²) < 4.78 is 10.7. The van der Waals surface area contributed by atoms with Crippen LogP contribution >= 0.6 is 0 Å². The van der Waals surface area contributed by atoms with Crippen LogP contribution in [0.4, 0.5) is 11.4 Å². The summed E-state index contributed by atoms with van der Waals surface area (Å²) in [6.07, 6.45) is 1.87. The van der Waals surface area contributed by atoms with Gasteiger partial charge in [-0.2, -0.15) is 0 Å². The van der Waals surface area contributed by atoms with Crippen LogP contribution in [0.3, 0.4) is 0 Å². The number of nitrogens with zero attached hydrogens (tertiary/aromatic N) is 1. The molecule has 0 unspecified atom stereocenters. The second-order valence-electron chi connectivity index (χ2n) is 6.86. The Morgan fingerprint density at radius 3 is 2.30 bits per heavy atom. The number of Topliss-reactive ketones (excluding diaryl/α,β-unsaturated/α-hetero) is 1. The van der Waals surface area contributed by atoms with Crippen LogP contribution < -0.4 is 20.1 Å². The summed E-state index contributed by atoms with van der Waals surface area (Å²) in [7, 11) is 7.05. The summed E-state index contributed by atoms with van der Waals surface area (Å²) >= 11 is 0. The summed E-state index contributed by atoms with van der Waals surface area (Å²) in [6.45, 7) is 3.99. The largest absolute Gasteiger partial charge is 0.497 e. The van der Waals surface area contributed by atoms with Gasteiger partial charge in [0.05, 0.1) is 25.6 Å². The van der Waals surface area contributed by atoms with Crippen molar-refractivity contribution in [2.75, 3.05) is 38.9 Å². The first-order valence-corrected chi connectivity index (χ1v) is 8.83. The van der Waals surface area contributed by atoms with Crippen LogP contribution in [0.15, 0.2) is 42.0 Å². The minimum atomic E-state index is -0.0492. The summed E-state index contributed by atoms with van der Waals surface area (Å²) in [4.78, 5) is 15.1. The van der Waals surface area contributed by atoms with Crippen molar-refractivity contribution in [2.24, 2.45) is 5.92 Å². The number of ketones is 1. The molecule has 0 aromatic heterocycles.